The van der Waals surface area contributed by atoms with Gasteiger partial charge in [-0.1, -0.05) is 32.9 Å². The number of benzene rings is 2. The van der Waals surface area contributed by atoms with Crippen molar-refractivity contribution < 1.29 is 9.59 Å². The Kier molecular flexibility index (Phi) is 7.28. The van der Waals surface area contributed by atoms with Gasteiger partial charge in [0.1, 0.15) is 0 Å². The molecule has 42 heavy (non-hydrogen) atoms. The zero-order valence-corrected chi connectivity index (χ0v) is 24.2. The van der Waals surface area contributed by atoms with E-state index in [1.165, 1.54) is 5.56 Å². The average Bonchev–Trinajstić information content (AvgIpc) is 3.45. The second-order valence-corrected chi connectivity index (χ2v) is 12.2. The highest BCUT2D eigenvalue weighted by Crippen LogP contribution is 2.24. The summed E-state index contributed by atoms with van der Waals surface area (Å²) in [4.78, 5) is 43.4. The average molecular weight is 568 g/mol. The van der Waals surface area contributed by atoms with E-state index in [-0.39, 0.29) is 29.3 Å². The molecule has 2 aliphatic heterocycles. The van der Waals surface area contributed by atoms with Crippen LogP contribution in [0.25, 0.3) is 5.78 Å². The van der Waals surface area contributed by atoms with Crippen LogP contribution in [0.2, 0.25) is 0 Å². The minimum Gasteiger partial charge on any atom is -0.348 e. The van der Waals surface area contributed by atoms with E-state index in [2.05, 4.69) is 41.3 Å². The van der Waals surface area contributed by atoms with Crippen LogP contribution in [-0.2, 0) is 5.41 Å². The van der Waals surface area contributed by atoms with Crippen LogP contribution in [-0.4, -0.2) is 74.3 Å². The van der Waals surface area contributed by atoms with Gasteiger partial charge in [-0.05, 0) is 60.2 Å². The molecule has 0 spiro atoms. The fraction of sp³-hybridized carbons (Fsp3) is 0.387. The summed E-state index contributed by atoms with van der Waals surface area (Å²) < 4.78 is 1.79. The third-order valence-corrected chi connectivity index (χ3v) is 7.89. The van der Waals surface area contributed by atoms with Gasteiger partial charge in [0.05, 0.1) is 0 Å². The molecule has 2 amide bonds. The Hall–Kier alpha value is -4.51. The molecular formula is C31H37N9O2. The third kappa shape index (κ3) is 5.78. The predicted molar refractivity (Wildman–Crippen MR) is 162 cm³/mol. The van der Waals surface area contributed by atoms with Crippen LogP contribution in [0.3, 0.4) is 0 Å². The maximum Gasteiger partial charge on any atom is 0.253 e. The summed E-state index contributed by atoms with van der Waals surface area (Å²) in [6.07, 6.45) is 5.27. The number of rotatable bonds is 6. The lowest BCUT2D eigenvalue weighted by atomic mass is 9.86. The number of imidazole rings is 1. The lowest BCUT2D eigenvalue weighted by molar-refractivity contribution is 0.0608. The molecule has 2 aromatic carbocycles. The highest BCUT2D eigenvalue weighted by molar-refractivity contribution is 5.95. The van der Waals surface area contributed by atoms with Gasteiger partial charge >= 0.3 is 0 Å². The van der Waals surface area contributed by atoms with Gasteiger partial charge in [0.25, 0.3) is 11.8 Å². The lowest BCUT2D eigenvalue weighted by Gasteiger charge is -2.36. The van der Waals surface area contributed by atoms with E-state index < -0.39 is 0 Å². The van der Waals surface area contributed by atoms with Crippen LogP contribution in [0.4, 0.5) is 17.6 Å². The molecule has 1 atom stereocenters. The number of nitrogens with two attached hydrogens (primary N) is 1. The van der Waals surface area contributed by atoms with E-state index in [4.69, 9.17) is 15.7 Å². The second kappa shape index (κ2) is 11.1. The highest BCUT2D eigenvalue weighted by Gasteiger charge is 2.28. The van der Waals surface area contributed by atoms with Crippen LogP contribution in [0.15, 0.2) is 60.9 Å². The number of nitrogens with zero attached hydrogens (tertiary/aromatic N) is 6. The van der Waals surface area contributed by atoms with Gasteiger partial charge in [-0.15, -0.1) is 0 Å². The Morgan fingerprint density at radius 1 is 0.952 bits per heavy atom. The summed E-state index contributed by atoms with van der Waals surface area (Å²) in [7, 11) is 0. The number of nitrogens with one attached hydrogen (secondary N) is 2. The molecule has 0 bridgehead atoms. The van der Waals surface area contributed by atoms with Crippen molar-refractivity contribution in [2.24, 2.45) is 5.73 Å². The molecule has 0 aliphatic carbocycles. The minimum absolute atomic E-state index is 0.0155. The van der Waals surface area contributed by atoms with E-state index in [9.17, 15) is 9.59 Å². The van der Waals surface area contributed by atoms with Crippen molar-refractivity contribution in [2.75, 3.05) is 36.4 Å². The maximum atomic E-state index is 13.0. The number of carbonyl (C=O) groups excluding carboxylic acids is 2. The summed E-state index contributed by atoms with van der Waals surface area (Å²) in [6.45, 7) is 9.03. The van der Waals surface area contributed by atoms with Gasteiger partial charge < -0.3 is 26.2 Å². The van der Waals surface area contributed by atoms with E-state index in [0.29, 0.717) is 48.4 Å². The molecule has 4 heterocycles. The fourth-order valence-corrected chi connectivity index (χ4v) is 5.39. The molecule has 11 nitrogen and oxygen atoms in total. The van der Waals surface area contributed by atoms with Crippen LogP contribution >= 0.6 is 0 Å². The summed E-state index contributed by atoms with van der Waals surface area (Å²) in [6, 6.07) is 15.2. The number of likely N-dealkylation sites (tertiary alicyclic amines) is 1. The summed E-state index contributed by atoms with van der Waals surface area (Å²) >= 11 is 0. The monoisotopic (exact) mass is 567 g/mol. The molecule has 2 fully saturated rings. The molecular weight excluding hydrogens is 530 g/mol. The molecule has 218 valence electrons. The first-order valence-electron chi connectivity index (χ1n) is 14.4. The Morgan fingerprint density at radius 3 is 2.36 bits per heavy atom. The van der Waals surface area contributed by atoms with E-state index in [1.807, 2.05) is 36.4 Å². The predicted octanol–water partition coefficient (Wildman–Crippen LogP) is 3.35. The molecule has 4 N–H and O–H groups in total. The molecule has 4 aromatic rings. The van der Waals surface area contributed by atoms with Crippen molar-refractivity contribution in [1.82, 2.24) is 29.6 Å². The van der Waals surface area contributed by atoms with Crippen molar-refractivity contribution in [3.05, 3.63) is 77.6 Å². The van der Waals surface area contributed by atoms with Crippen LogP contribution < -0.4 is 21.3 Å². The topological polar surface area (TPSA) is 134 Å². The molecule has 0 radical (unpaired) electrons. The van der Waals surface area contributed by atoms with Crippen molar-refractivity contribution in [1.29, 1.82) is 0 Å². The molecule has 0 saturated carbocycles. The standard InChI is InChI=1S/C31H37N9O2/c1-31(2,3)22-10-6-20(7-11-22)26(41)34-25-5-4-15-38(19-25)29-36-28-33-14-16-40(28)30(37-29)35-24-12-8-21(9-13-24)27(42)39-17-23(32)18-39/h6-14,16,23,25H,4-5,15,17-19,32H2,1-3H3,(H,34,41)(H,33,35,36,37). The van der Waals surface area contributed by atoms with Crippen LogP contribution in [0.1, 0.15) is 59.9 Å². The van der Waals surface area contributed by atoms with Crippen molar-refractivity contribution in [3.8, 4) is 0 Å². The number of hydrogen-bond acceptors (Lipinski definition) is 8. The number of carbonyl (C=O) groups is 2. The second-order valence-electron chi connectivity index (χ2n) is 12.2. The Morgan fingerprint density at radius 2 is 1.67 bits per heavy atom. The van der Waals surface area contributed by atoms with Crippen LogP contribution in [0, 0.1) is 0 Å². The van der Waals surface area contributed by atoms with E-state index >= 15 is 0 Å². The van der Waals surface area contributed by atoms with E-state index in [1.54, 1.807) is 33.8 Å². The molecule has 11 heteroatoms. The summed E-state index contributed by atoms with van der Waals surface area (Å²) in [5.74, 6) is 1.54. The minimum atomic E-state index is -0.0758. The van der Waals surface area contributed by atoms with Gasteiger partial charge in [-0.2, -0.15) is 9.97 Å². The zero-order chi connectivity index (χ0) is 29.4. The van der Waals surface area contributed by atoms with E-state index in [0.717, 1.165) is 25.1 Å². The number of fused-ring (bicyclic) bond motifs is 1. The lowest BCUT2D eigenvalue weighted by Crippen LogP contribution is -2.57. The fourth-order valence-electron chi connectivity index (χ4n) is 5.39. The number of piperidine rings is 1. The first kappa shape index (κ1) is 27.6. The molecule has 2 aromatic heterocycles. The smallest absolute Gasteiger partial charge is 0.253 e. The Bertz CT molecular complexity index is 1590. The number of hydrogen-bond donors (Lipinski definition) is 3. The Balaban J connectivity index is 1.15. The van der Waals surface area contributed by atoms with Crippen molar-refractivity contribution in [2.45, 2.75) is 51.1 Å². The van der Waals surface area contributed by atoms with Gasteiger partial charge in [-0.3, -0.25) is 14.0 Å². The van der Waals surface area contributed by atoms with Gasteiger partial charge in [0, 0.05) is 67.5 Å². The molecule has 2 aliphatic rings. The summed E-state index contributed by atoms with van der Waals surface area (Å²) in [5.41, 5.74) is 9.11. The first-order chi connectivity index (χ1) is 20.1. The van der Waals surface area contributed by atoms with Crippen molar-refractivity contribution in [3.63, 3.8) is 0 Å². The number of aromatic nitrogens is 4. The van der Waals surface area contributed by atoms with Gasteiger partial charge in [0.15, 0.2) is 0 Å². The molecule has 1 unspecified atom stereocenters. The quantitative estimate of drug-likeness (QED) is 0.323. The normalized spacial score (nSPS) is 17.7. The van der Waals surface area contributed by atoms with Crippen molar-refractivity contribution >= 4 is 35.2 Å². The largest absolute Gasteiger partial charge is 0.348 e. The summed E-state index contributed by atoms with van der Waals surface area (Å²) in [5, 5.41) is 6.56. The van der Waals surface area contributed by atoms with Crippen LogP contribution in [0.5, 0.6) is 0 Å². The Labute approximate surface area is 245 Å². The van der Waals surface area contributed by atoms with Gasteiger partial charge in [-0.25, -0.2) is 4.98 Å². The number of amides is 2. The molecule has 2 saturated heterocycles. The molecule has 6 rings (SSSR count). The third-order valence-electron chi connectivity index (χ3n) is 7.89. The first-order valence-corrected chi connectivity index (χ1v) is 14.4. The van der Waals surface area contributed by atoms with Gasteiger partial charge in [0.2, 0.25) is 17.7 Å². The highest BCUT2D eigenvalue weighted by atomic mass is 16.2. The SMILES string of the molecule is CC(C)(C)c1ccc(C(=O)NC2CCCN(c3nc(Nc4ccc(C(=O)N5CC(N)C5)cc4)n4ccnc4n3)C2)cc1. The maximum absolute atomic E-state index is 13.0. The number of anilines is 3. The zero-order valence-electron chi connectivity index (χ0n) is 24.2.